The molecule has 0 radical (unpaired) electrons. The Morgan fingerprint density at radius 2 is 2.04 bits per heavy atom. The van der Waals surface area contributed by atoms with Crippen molar-refractivity contribution in [3.63, 3.8) is 0 Å². The molecule has 0 aliphatic rings. The van der Waals surface area contributed by atoms with Crippen molar-refractivity contribution in [1.29, 1.82) is 0 Å². The number of ether oxygens (including phenoxy) is 1. The molecule has 0 saturated carbocycles. The summed E-state index contributed by atoms with van der Waals surface area (Å²) in [6.45, 7) is 9.72. The van der Waals surface area contributed by atoms with Crippen LogP contribution in [0.25, 0.3) is 0 Å². The van der Waals surface area contributed by atoms with Crippen LogP contribution < -0.4 is 15.4 Å². The van der Waals surface area contributed by atoms with Crippen LogP contribution in [-0.4, -0.2) is 24.6 Å². The van der Waals surface area contributed by atoms with E-state index in [-0.39, 0.29) is 0 Å². The zero-order valence-electron chi connectivity index (χ0n) is 15.1. The molecule has 1 heterocycles. The van der Waals surface area contributed by atoms with Crippen LogP contribution in [0.4, 0.5) is 0 Å². The van der Waals surface area contributed by atoms with Crippen LogP contribution in [0, 0.1) is 20.8 Å². The van der Waals surface area contributed by atoms with E-state index < -0.39 is 0 Å². The number of oxazole rings is 1. The van der Waals surface area contributed by atoms with Gasteiger partial charge in [0.1, 0.15) is 11.5 Å². The van der Waals surface area contributed by atoms with Crippen LogP contribution in [0.5, 0.6) is 5.75 Å². The minimum atomic E-state index is 0.492. The third kappa shape index (κ3) is 4.75. The number of benzene rings is 1. The third-order valence-corrected chi connectivity index (χ3v) is 3.67. The van der Waals surface area contributed by atoms with Crippen LogP contribution in [0.2, 0.25) is 0 Å². The molecule has 2 rings (SSSR count). The number of rotatable bonds is 6. The Balaban J connectivity index is 2.05. The number of hydrogen-bond acceptors (Lipinski definition) is 4. The molecule has 0 aliphatic carbocycles. The summed E-state index contributed by atoms with van der Waals surface area (Å²) in [5, 5.41) is 6.46. The Kier molecular flexibility index (Phi) is 6.23. The van der Waals surface area contributed by atoms with Gasteiger partial charge in [0.2, 0.25) is 5.89 Å². The lowest BCUT2D eigenvalue weighted by Crippen LogP contribution is -2.36. The van der Waals surface area contributed by atoms with Crippen LogP contribution in [0.15, 0.2) is 27.6 Å². The van der Waals surface area contributed by atoms with Gasteiger partial charge in [-0.2, -0.15) is 0 Å². The predicted octanol–water partition coefficient (Wildman–Crippen LogP) is 2.86. The molecule has 6 heteroatoms. The maximum Gasteiger partial charge on any atom is 0.214 e. The van der Waals surface area contributed by atoms with E-state index in [4.69, 9.17) is 9.15 Å². The van der Waals surface area contributed by atoms with E-state index in [1.54, 1.807) is 7.11 Å². The molecule has 0 unspecified atom stereocenters. The topological polar surface area (TPSA) is 71.7 Å². The second-order valence-corrected chi connectivity index (χ2v) is 5.61. The fraction of sp³-hybridized carbons (Fsp3) is 0.444. The molecule has 0 saturated heterocycles. The molecule has 0 amide bonds. The molecule has 24 heavy (non-hydrogen) atoms. The Morgan fingerprint density at radius 1 is 1.25 bits per heavy atom. The standard InChI is InChI=1S/C18H26N4O2/c1-6-19-18(21-11-17-22-13(3)14(4)24-17)20-10-15-8-7-12(2)9-16(15)23-5/h7-9H,6,10-11H2,1-5H3,(H2,19,20,21). The lowest BCUT2D eigenvalue weighted by atomic mass is 10.1. The second-order valence-electron chi connectivity index (χ2n) is 5.61. The summed E-state index contributed by atoms with van der Waals surface area (Å²) in [6, 6.07) is 6.12. The summed E-state index contributed by atoms with van der Waals surface area (Å²) in [5.74, 6) is 3.07. The van der Waals surface area contributed by atoms with Crippen molar-refractivity contribution in [3.8, 4) is 5.75 Å². The monoisotopic (exact) mass is 330 g/mol. The van der Waals surface area contributed by atoms with E-state index in [1.807, 2.05) is 39.8 Å². The molecule has 1 aromatic heterocycles. The molecule has 0 bridgehead atoms. The van der Waals surface area contributed by atoms with Crippen LogP contribution in [-0.2, 0) is 13.1 Å². The number of aliphatic imine (C=N–C) groups is 1. The molecule has 2 aromatic rings. The first-order valence-electron chi connectivity index (χ1n) is 8.12. The highest BCUT2D eigenvalue weighted by molar-refractivity contribution is 5.79. The summed E-state index contributed by atoms with van der Waals surface area (Å²) < 4.78 is 11.0. The fourth-order valence-electron chi connectivity index (χ4n) is 2.26. The van der Waals surface area contributed by atoms with Gasteiger partial charge in [-0.1, -0.05) is 12.1 Å². The predicted molar refractivity (Wildman–Crippen MR) is 95.4 cm³/mol. The number of guanidine groups is 1. The molecule has 2 N–H and O–H groups in total. The summed E-state index contributed by atoms with van der Waals surface area (Å²) >= 11 is 0. The second kappa shape index (κ2) is 8.38. The molecular formula is C18H26N4O2. The van der Waals surface area contributed by atoms with Gasteiger partial charge in [-0.25, -0.2) is 9.98 Å². The smallest absolute Gasteiger partial charge is 0.214 e. The summed E-state index contributed by atoms with van der Waals surface area (Å²) in [6.07, 6.45) is 0. The highest BCUT2D eigenvalue weighted by Gasteiger charge is 2.07. The van der Waals surface area contributed by atoms with Gasteiger partial charge in [0.25, 0.3) is 0 Å². The Hall–Kier alpha value is -2.50. The van der Waals surface area contributed by atoms with E-state index in [0.29, 0.717) is 24.9 Å². The van der Waals surface area contributed by atoms with Crippen molar-refractivity contribution in [1.82, 2.24) is 15.6 Å². The minimum absolute atomic E-state index is 0.492. The van der Waals surface area contributed by atoms with Crippen LogP contribution in [0.1, 0.15) is 35.4 Å². The normalized spacial score (nSPS) is 11.5. The lowest BCUT2D eigenvalue weighted by molar-refractivity contribution is 0.409. The van der Waals surface area contributed by atoms with Crippen molar-refractivity contribution in [2.45, 2.75) is 40.8 Å². The van der Waals surface area contributed by atoms with E-state index in [1.165, 1.54) is 5.56 Å². The number of nitrogens with zero attached hydrogens (tertiary/aromatic N) is 2. The highest BCUT2D eigenvalue weighted by Crippen LogP contribution is 2.20. The van der Waals surface area contributed by atoms with Gasteiger partial charge >= 0.3 is 0 Å². The van der Waals surface area contributed by atoms with Crippen molar-refractivity contribution < 1.29 is 9.15 Å². The van der Waals surface area contributed by atoms with Gasteiger partial charge in [0.15, 0.2) is 5.96 Å². The number of nitrogens with one attached hydrogen (secondary N) is 2. The molecule has 6 nitrogen and oxygen atoms in total. The third-order valence-electron chi connectivity index (χ3n) is 3.67. The number of hydrogen-bond donors (Lipinski definition) is 2. The molecule has 0 atom stereocenters. The van der Waals surface area contributed by atoms with Crippen molar-refractivity contribution in [2.24, 2.45) is 4.99 Å². The largest absolute Gasteiger partial charge is 0.496 e. The Morgan fingerprint density at radius 3 is 2.67 bits per heavy atom. The summed E-state index contributed by atoms with van der Waals surface area (Å²) in [5.41, 5.74) is 3.13. The lowest BCUT2D eigenvalue weighted by Gasteiger charge is -2.11. The first-order chi connectivity index (χ1) is 11.5. The highest BCUT2D eigenvalue weighted by atomic mass is 16.5. The average molecular weight is 330 g/mol. The van der Waals surface area contributed by atoms with E-state index in [2.05, 4.69) is 26.7 Å². The quantitative estimate of drug-likeness (QED) is 0.629. The summed E-state index contributed by atoms with van der Waals surface area (Å²) in [7, 11) is 1.68. The van der Waals surface area contributed by atoms with Gasteiger partial charge < -0.3 is 19.8 Å². The first-order valence-corrected chi connectivity index (χ1v) is 8.12. The zero-order valence-corrected chi connectivity index (χ0v) is 15.1. The van der Waals surface area contributed by atoms with Crippen molar-refractivity contribution >= 4 is 5.96 Å². The molecule has 0 spiro atoms. The maximum atomic E-state index is 5.58. The van der Waals surface area contributed by atoms with Crippen LogP contribution in [0.3, 0.4) is 0 Å². The van der Waals surface area contributed by atoms with Gasteiger partial charge in [-0.05, 0) is 39.3 Å². The van der Waals surface area contributed by atoms with E-state index >= 15 is 0 Å². The van der Waals surface area contributed by atoms with Gasteiger partial charge in [-0.3, -0.25) is 0 Å². The SMILES string of the molecule is CCNC(=NCc1ccc(C)cc1OC)NCc1nc(C)c(C)o1. The van der Waals surface area contributed by atoms with Crippen LogP contribution >= 0.6 is 0 Å². The summed E-state index contributed by atoms with van der Waals surface area (Å²) in [4.78, 5) is 8.98. The van der Waals surface area contributed by atoms with Crippen molar-refractivity contribution in [3.05, 3.63) is 46.7 Å². The molecule has 130 valence electrons. The van der Waals surface area contributed by atoms with Gasteiger partial charge in [0.05, 0.1) is 25.9 Å². The van der Waals surface area contributed by atoms with E-state index in [0.717, 1.165) is 29.3 Å². The Labute approximate surface area is 143 Å². The maximum absolute atomic E-state index is 5.58. The molecule has 0 aliphatic heterocycles. The van der Waals surface area contributed by atoms with Crippen molar-refractivity contribution in [2.75, 3.05) is 13.7 Å². The van der Waals surface area contributed by atoms with Gasteiger partial charge in [0, 0.05) is 12.1 Å². The molecule has 1 aromatic carbocycles. The first kappa shape index (κ1) is 17.8. The Bertz CT molecular complexity index is 688. The number of aromatic nitrogens is 1. The molecular weight excluding hydrogens is 304 g/mol. The fourth-order valence-corrected chi connectivity index (χ4v) is 2.26. The number of aryl methyl sites for hydroxylation is 3. The minimum Gasteiger partial charge on any atom is -0.496 e. The zero-order chi connectivity index (χ0) is 17.5. The number of methoxy groups -OCH3 is 1. The molecule has 0 fully saturated rings. The van der Waals surface area contributed by atoms with E-state index in [9.17, 15) is 0 Å². The average Bonchev–Trinajstić information content (AvgIpc) is 2.89. The van der Waals surface area contributed by atoms with Gasteiger partial charge in [-0.15, -0.1) is 0 Å².